The van der Waals surface area contributed by atoms with Crippen LogP contribution in [0.5, 0.6) is 0 Å². The monoisotopic (exact) mass is 699 g/mol. The van der Waals surface area contributed by atoms with Crippen molar-refractivity contribution in [2.45, 2.75) is 0 Å². The molecule has 0 radical (unpaired) electrons. The second-order valence-electron chi connectivity index (χ2n) is 12.8. The molecule has 10 rings (SSSR count). The van der Waals surface area contributed by atoms with E-state index in [-0.39, 0.29) is 51.7 Å². The molecule has 3 aromatic heterocycles. The molecule has 2 nitrogen and oxygen atoms in total. The highest BCUT2D eigenvalue weighted by Gasteiger charge is 2.23. The minimum absolute atomic E-state index is 0.00113. The summed E-state index contributed by atoms with van der Waals surface area (Å²) in [5.74, 6) is 0. The van der Waals surface area contributed by atoms with Gasteiger partial charge >= 0.3 is 0 Å². The van der Waals surface area contributed by atoms with Crippen LogP contribution in [0.4, 0.5) is 0 Å². The van der Waals surface area contributed by atoms with Crippen molar-refractivity contribution in [2.75, 3.05) is 0 Å². The smallest absolute Gasteiger partial charge is 0.0972 e. The van der Waals surface area contributed by atoms with Crippen LogP contribution in [0, 0.1) is 0 Å². The molecule has 0 unspecified atom stereocenters. The van der Waals surface area contributed by atoms with E-state index in [4.69, 9.17) is 14.6 Å². The van der Waals surface area contributed by atoms with E-state index in [9.17, 15) is 0 Å². The highest BCUT2D eigenvalue weighted by atomic mass is 32.1. The maximum atomic E-state index is 9.14. The van der Waals surface area contributed by atoms with E-state index in [1.165, 1.54) is 16.0 Å². The molecule has 0 amide bonds. The summed E-state index contributed by atoms with van der Waals surface area (Å²) in [6.07, 6.45) is -0.459. The van der Waals surface area contributed by atoms with E-state index >= 15 is 0 Å². The van der Waals surface area contributed by atoms with Gasteiger partial charge in [0.15, 0.2) is 0 Å². The lowest BCUT2D eigenvalue weighted by atomic mass is 9.90. The third kappa shape index (κ3) is 5.50. The maximum absolute atomic E-state index is 9.14. The highest BCUT2D eigenvalue weighted by Crippen LogP contribution is 2.52. The summed E-state index contributed by atoms with van der Waals surface area (Å²) in [7, 11) is 0. The lowest BCUT2D eigenvalue weighted by Crippen LogP contribution is -1.91. The van der Waals surface area contributed by atoms with Crippen LogP contribution in [-0.2, 0) is 0 Å². The van der Waals surface area contributed by atoms with Crippen LogP contribution in [0.3, 0.4) is 0 Å². The van der Waals surface area contributed by atoms with E-state index in [1.807, 2.05) is 54.6 Å². The second-order valence-corrected chi connectivity index (χ2v) is 13.8. The van der Waals surface area contributed by atoms with Crippen molar-refractivity contribution in [3.8, 4) is 65.5 Å². The standard InChI is InChI=1S/C50H32N2S/c1-4-14-33(15-5-1)45-46(34-16-6-2-7-17-34)50(53-49(45)37-18-8-3-9-19-37)39-21-12-20-38(32-39)40-28-29-43(42-24-11-10-23-41(40)42)44-30-27-36-26-25-35-22-13-31-51-47(35)48(36)52-44/h1-32H/i13D,22D,25D,26D,27D,30D,31D. The number of nitrogens with zero attached hydrogens (tertiary/aromatic N) is 2. The molecule has 248 valence electrons. The minimum Gasteiger partial charge on any atom is -0.254 e. The van der Waals surface area contributed by atoms with Gasteiger partial charge in [0.05, 0.1) is 26.3 Å². The predicted octanol–water partition coefficient (Wildman–Crippen LogP) is 14.0. The second kappa shape index (κ2) is 13.1. The number of fused-ring (bicyclic) bond motifs is 4. The molecule has 0 aliphatic carbocycles. The molecule has 0 spiro atoms. The first-order valence-electron chi connectivity index (χ1n) is 20.8. The van der Waals surface area contributed by atoms with Crippen molar-refractivity contribution in [3.63, 3.8) is 0 Å². The SMILES string of the molecule is [2H]c1nc2c(c([2H])c1[2H])c([2H])c([2H])c1c([2H])c([2H])c(-c3ccc(-c4cccc(-c5sc(-c6ccccc6)c(-c6ccccc6)c5-c5ccccc5)c4)c4ccccc34)nc12. The third-order valence-electron chi connectivity index (χ3n) is 9.64. The summed E-state index contributed by atoms with van der Waals surface area (Å²) >= 11 is 1.79. The molecule has 3 heterocycles. The molecule has 0 aliphatic heterocycles. The van der Waals surface area contributed by atoms with Crippen molar-refractivity contribution in [1.82, 2.24) is 9.97 Å². The van der Waals surface area contributed by atoms with Crippen LogP contribution in [-0.4, -0.2) is 9.97 Å². The van der Waals surface area contributed by atoms with Crippen LogP contribution in [0.2, 0.25) is 0 Å². The van der Waals surface area contributed by atoms with E-state index in [1.54, 1.807) is 11.3 Å². The zero-order valence-corrected chi connectivity index (χ0v) is 29.1. The average molecular weight is 700 g/mol. The quantitative estimate of drug-likeness (QED) is 0.161. The molecule has 10 aromatic rings. The third-order valence-corrected chi connectivity index (χ3v) is 10.9. The van der Waals surface area contributed by atoms with Crippen LogP contribution in [0.1, 0.15) is 9.60 Å². The van der Waals surface area contributed by atoms with Gasteiger partial charge in [-0.2, -0.15) is 0 Å². The Hall–Kier alpha value is -6.68. The predicted molar refractivity (Wildman–Crippen MR) is 225 cm³/mol. The Balaban J connectivity index is 1.18. The van der Waals surface area contributed by atoms with Gasteiger partial charge in [0, 0.05) is 43.4 Å². The highest BCUT2D eigenvalue weighted by molar-refractivity contribution is 7.20. The zero-order valence-electron chi connectivity index (χ0n) is 35.2. The lowest BCUT2D eigenvalue weighted by molar-refractivity contribution is 1.37. The number of pyridine rings is 2. The summed E-state index contributed by atoms with van der Waals surface area (Å²) in [6.45, 7) is 0. The average Bonchev–Trinajstić information content (AvgIpc) is 3.70. The van der Waals surface area contributed by atoms with Crippen molar-refractivity contribution in [3.05, 3.63) is 194 Å². The van der Waals surface area contributed by atoms with Gasteiger partial charge in [-0.1, -0.05) is 170 Å². The van der Waals surface area contributed by atoms with E-state index in [0.29, 0.717) is 5.56 Å². The van der Waals surface area contributed by atoms with E-state index in [2.05, 4.69) is 102 Å². The molecular weight excluding hydrogens is 661 g/mol. The summed E-state index contributed by atoms with van der Waals surface area (Å²) in [5, 5.41) is 1.60. The van der Waals surface area contributed by atoms with Gasteiger partial charge in [-0.05, 0) is 62.3 Å². The molecule has 0 fully saturated rings. The molecule has 0 N–H and O–H groups in total. The summed E-state index contributed by atoms with van der Waals surface area (Å²) < 4.78 is 60.5. The normalized spacial score (nSPS) is 13.2. The van der Waals surface area contributed by atoms with Crippen LogP contribution in [0.25, 0.3) is 98.1 Å². The molecule has 53 heavy (non-hydrogen) atoms. The summed E-state index contributed by atoms with van der Waals surface area (Å²) in [4.78, 5) is 11.4. The molecule has 0 saturated heterocycles. The Morgan fingerprint density at radius 2 is 0.962 bits per heavy atom. The minimum atomic E-state index is -0.459. The number of benzene rings is 7. The molecular formula is C50H32N2S. The van der Waals surface area contributed by atoms with Gasteiger partial charge in [-0.15, -0.1) is 11.3 Å². The number of hydrogen-bond acceptors (Lipinski definition) is 3. The van der Waals surface area contributed by atoms with Crippen molar-refractivity contribution in [2.24, 2.45) is 0 Å². The molecule has 3 heteroatoms. The first-order chi connectivity index (χ1) is 29.2. The summed E-state index contributed by atoms with van der Waals surface area (Å²) in [6, 6.07) is 50.0. The number of hydrogen-bond donors (Lipinski definition) is 0. The van der Waals surface area contributed by atoms with Crippen molar-refractivity contribution >= 4 is 43.9 Å². The fourth-order valence-corrected chi connectivity index (χ4v) is 8.56. The van der Waals surface area contributed by atoms with Crippen LogP contribution in [0.15, 0.2) is 194 Å². The van der Waals surface area contributed by atoms with E-state index < -0.39 is 18.3 Å². The van der Waals surface area contributed by atoms with Crippen LogP contribution >= 0.6 is 11.3 Å². The Labute approximate surface area is 322 Å². The number of thiophene rings is 1. The van der Waals surface area contributed by atoms with Gasteiger partial charge in [0.1, 0.15) is 0 Å². The number of rotatable bonds is 6. The summed E-state index contributed by atoms with van der Waals surface area (Å²) in [5.41, 5.74) is 9.67. The first kappa shape index (κ1) is 24.5. The van der Waals surface area contributed by atoms with Gasteiger partial charge in [-0.3, -0.25) is 4.98 Å². The first-order valence-corrected chi connectivity index (χ1v) is 18.2. The molecule has 0 atom stereocenters. The van der Waals surface area contributed by atoms with Gasteiger partial charge in [0.2, 0.25) is 0 Å². The fourth-order valence-electron chi connectivity index (χ4n) is 7.22. The lowest BCUT2D eigenvalue weighted by Gasteiger charge is -2.14. The topological polar surface area (TPSA) is 25.8 Å². The Morgan fingerprint density at radius 3 is 1.66 bits per heavy atom. The Morgan fingerprint density at radius 1 is 0.434 bits per heavy atom. The zero-order chi connectivity index (χ0) is 41.2. The molecule has 7 aromatic carbocycles. The molecule has 0 bridgehead atoms. The van der Waals surface area contributed by atoms with Crippen LogP contribution < -0.4 is 0 Å². The largest absolute Gasteiger partial charge is 0.254 e. The molecule has 0 saturated carbocycles. The Kier molecular flexibility index (Phi) is 6.07. The fraction of sp³-hybridized carbons (Fsp3) is 0. The van der Waals surface area contributed by atoms with Gasteiger partial charge in [0.25, 0.3) is 0 Å². The Bertz CT molecular complexity index is 3340. The maximum Gasteiger partial charge on any atom is 0.0972 e. The van der Waals surface area contributed by atoms with E-state index in [0.717, 1.165) is 49.0 Å². The van der Waals surface area contributed by atoms with Gasteiger partial charge < -0.3 is 0 Å². The van der Waals surface area contributed by atoms with Crippen molar-refractivity contribution in [1.29, 1.82) is 0 Å². The van der Waals surface area contributed by atoms with Crippen molar-refractivity contribution < 1.29 is 9.60 Å². The molecule has 0 aliphatic rings. The number of aromatic nitrogens is 2. The van der Waals surface area contributed by atoms with Gasteiger partial charge in [-0.25, -0.2) is 4.98 Å².